The Bertz CT molecular complexity index is 1090. The number of alkyl halides is 3. The van der Waals surface area contributed by atoms with Crippen LogP contribution in [0.2, 0.25) is 5.02 Å². The van der Waals surface area contributed by atoms with Gasteiger partial charge in [0, 0.05) is 0 Å². The molecule has 5 atom stereocenters. The molecule has 0 unspecified atom stereocenters. The fourth-order valence-corrected chi connectivity index (χ4v) is 5.03. The number of aliphatic hydroxyl groups excluding tert-OH is 1. The summed E-state index contributed by atoms with van der Waals surface area (Å²) in [5.41, 5.74) is -5.38. The lowest BCUT2D eigenvalue weighted by Gasteiger charge is -2.51. The molecule has 3 saturated heterocycles. The fourth-order valence-electron chi connectivity index (χ4n) is 4.87. The van der Waals surface area contributed by atoms with Crippen molar-refractivity contribution in [3.63, 3.8) is 0 Å². The molecule has 3 fully saturated rings. The summed E-state index contributed by atoms with van der Waals surface area (Å²) in [6.07, 6.45) is -7.20. The van der Waals surface area contributed by atoms with E-state index >= 15 is 0 Å². The maximum atomic E-state index is 14.5. The van der Waals surface area contributed by atoms with Crippen molar-refractivity contribution in [1.82, 2.24) is 20.9 Å². The van der Waals surface area contributed by atoms with Crippen LogP contribution in [0.25, 0.3) is 0 Å². The highest BCUT2D eigenvalue weighted by atomic mass is 35.5. The number of halogens is 5. The van der Waals surface area contributed by atoms with E-state index in [0.717, 1.165) is 4.90 Å². The number of nitrogens with one attached hydrogen (secondary N) is 5. The maximum Gasteiger partial charge on any atom is 0.417 e. The highest BCUT2D eigenvalue weighted by Crippen LogP contribution is 2.47. The Morgan fingerprint density at radius 1 is 1.29 bits per heavy atom. The van der Waals surface area contributed by atoms with Crippen LogP contribution in [0.15, 0.2) is 12.1 Å². The van der Waals surface area contributed by atoms with Crippen LogP contribution in [-0.2, 0) is 10.9 Å². The number of carbonyl (C=O) groups is 1. The molecule has 3 heterocycles. The van der Waals surface area contributed by atoms with Gasteiger partial charge in [0.15, 0.2) is 29.5 Å². The number of carbonyl (C=O) groups excluding carboxylic acids is 1. The Morgan fingerprint density at radius 2 is 1.94 bits per heavy atom. The van der Waals surface area contributed by atoms with E-state index in [1.165, 1.54) is 6.92 Å². The summed E-state index contributed by atoms with van der Waals surface area (Å²) in [7, 11) is 0. The fraction of sp³-hybridized carbons (Fsp3) is 0.500. The van der Waals surface area contributed by atoms with Crippen LogP contribution in [0.3, 0.4) is 0 Å². The molecular weight excluding hydrogens is 492 g/mol. The Balaban J connectivity index is 1.79. The molecule has 0 amide bonds. The summed E-state index contributed by atoms with van der Waals surface area (Å²) < 4.78 is 59.9. The minimum absolute atomic E-state index is 0.387. The minimum Gasteiger partial charge on any atom is -0.451 e. The molecular formula is C18H19ClF4N6O5. The molecule has 0 aliphatic carbocycles. The van der Waals surface area contributed by atoms with E-state index in [1.807, 2.05) is 0 Å². The summed E-state index contributed by atoms with van der Waals surface area (Å²) in [6, 6.07) is -2.46. The van der Waals surface area contributed by atoms with Crippen LogP contribution in [0.1, 0.15) is 22.8 Å². The SMILES string of the molecule is C[C@H]1[C@H](OC(=O)c2c(C(F)(F)F)ccc(Cl)c2F)C(O)(O)[C@]23NC(=N)N[C@H]2[C@H](CO)NC(=N)N13. The number of esters is 1. The number of ether oxygens (including phenoxy) is 1. The summed E-state index contributed by atoms with van der Waals surface area (Å²) in [6.45, 7) is 0.672. The van der Waals surface area contributed by atoms with E-state index in [0.29, 0.717) is 12.1 Å². The third-order valence-electron chi connectivity index (χ3n) is 6.25. The van der Waals surface area contributed by atoms with Gasteiger partial charge in [-0.3, -0.25) is 10.8 Å². The second-order valence-electron chi connectivity index (χ2n) is 8.11. The van der Waals surface area contributed by atoms with Gasteiger partial charge in [0.05, 0.1) is 35.3 Å². The average molecular weight is 511 g/mol. The quantitative estimate of drug-likeness (QED) is 0.151. The van der Waals surface area contributed by atoms with E-state index in [9.17, 15) is 37.7 Å². The molecule has 11 nitrogen and oxygen atoms in total. The third kappa shape index (κ3) is 3.10. The van der Waals surface area contributed by atoms with Gasteiger partial charge in [0.1, 0.15) is 5.56 Å². The molecule has 3 aliphatic rings. The minimum atomic E-state index is -5.16. The maximum absolute atomic E-state index is 14.5. The molecule has 0 saturated carbocycles. The van der Waals surface area contributed by atoms with Crippen molar-refractivity contribution in [2.75, 3.05) is 6.61 Å². The highest BCUT2D eigenvalue weighted by Gasteiger charge is 2.77. The summed E-state index contributed by atoms with van der Waals surface area (Å²) >= 11 is 5.56. The van der Waals surface area contributed by atoms with E-state index < -0.39 is 88.3 Å². The predicted molar refractivity (Wildman–Crippen MR) is 106 cm³/mol. The summed E-state index contributed by atoms with van der Waals surface area (Å²) in [4.78, 5) is 13.8. The molecule has 1 aromatic rings. The van der Waals surface area contributed by atoms with Crippen LogP contribution in [0.4, 0.5) is 17.6 Å². The van der Waals surface area contributed by atoms with Gasteiger partial charge in [0.2, 0.25) is 5.79 Å². The number of aliphatic hydroxyl groups is 3. The van der Waals surface area contributed by atoms with Crippen molar-refractivity contribution in [1.29, 1.82) is 10.8 Å². The van der Waals surface area contributed by atoms with Crippen LogP contribution >= 0.6 is 11.6 Å². The second kappa shape index (κ2) is 7.56. The summed E-state index contributed by atoms with van der Waals surface area (Å²) in [5, 5.41) is 55.1. The molecule has 1 spiro atoms. The molecule has 8 N–H and O–H groups in total. The first-order valence-corrected chi connectivity index (χ1v) is 10.2. The van der Waals surface area contributed by atoms with E-state index in [2.05, 4.69) is 16.0 Å². The van der Waals surface area contributed by atoms with Gasteiger partial charge >= 0.3 is 12.1 Å². The van der Waals surface area contributed by atoms with Gasteiger partial charge in [-0.2, -0.15) is 13.2 Å². The average Bonchev–Trinajstić information content (AvgIpc) is 3.16. The lowest BCUT2D eigenvalue weighted by Crippen LogP contribution is -2.81. The van der Waals surface area contributed by atoms with Gasteiger partial charge in [-0.25, -0.2) is 9.18 Å². The number of hydrogen-bond acceptors (Lipinski definition) is 7. The van der Waals surface area contributed by atoms with Crippen LogP contribution in [0.5, 0.6) is 0 Å². The number of rotatable bonds is 3. The molecule has 0 radical (unpaired) electrons. The van der Waals surface area contributed by atoms with E-state index in [-0.39, 0.29) is 0 Å². The second-order valence-corrected chi connectivity index (χ2v) is 8.52. The van der Waals surface area contributed by atoms with Crippen molar-refractivity contribution in [3.05, 3.63) is 34.1 Å². The van der Waals surface area contributed by atoms with Crippen molar-refractivity contribution in [2.45, 2.75) is 48.8 Å². The van der Waals surface area contributed by atoms with Crippen LogP contribution in [0, 0.1) is 16.6 Å². The van der Waals surface area contributed by atoms with Crippen molar-refractivity contribution in [2.24, 2.45) is 0 Å². The molecule has 16 heteroatoms. The smallest absolute Gasteiger partial charge is 0.417 e. The Labute approximate surface area is 193 Å². The normalized spacial score (nSPS) is 31.9. The molecule has 0 bridgehead atoms. The topological polar surface area (TPSA) is 174 Å². The Hall–Kier alpha value is -2.88. The Morgan fingerprint density at radius 3 is 2.53 bits per heavy atom. The Kier molecular flexibility index (Phi) is 5.39. The number of benzene rings is 1. The first-order valence-electron chi connectivity index (χ1n) is 9.78. The zero-order valence-electron chi connectivity index (χ0n) is 17.2. The first kappa shape index (κ1) is 24.3. The number of hydrogen-bond donors (Lipinski definition) is 8. The standard InChI is InChI=1S/C18H19ClF4N6O5/c1-5-12(34-13(31)9-6(18(21,22)23)2-3-7(19)10(9)20)17(32,33)16-11(27-14(24)28-16)8(4-30)26-15(25)29(5)16/h2-3,5,8,11-12,30,32-33H,4H2,1H3,(H2,25,26)(H3,24,27,28)/t5-,8-,11-,12-,16-/m0/s1. The molecule has 0 aromatic heterocycles. The van der Waals surface area contributed by atoms with Crippen molar-refractivity contribution < 1.29 is 42.4 Å². The predicted octanol–water partition coefficient (Wildman–Crippen LogP) is -0.500. The molecule has 186 valence electrons. The summed E-state index contributed by atoms with van der Waals surface area (Å²) in [5.74, 6) is -7.60. The largest absolute Gasteiger partial charge is 0.451 e. The monoisotopic (exact) mass is 510 g/mol. The van der Waals surface area contributed by atoms with Crippen molar-refractivity contribution in [3.8, 4) is 0 Å². The van der Waals surface area contributed by atoms with E-state index in [1.54, 1.807) is 0 Å². The molecule has 34 heavy (non-hydrogen) atoms. The van der Waals surface area contributed by atoms with Crippen LogP contribution in [-0.4, -0.2) is 80.4 Å². The van der Waals surface area contributed by atoms with Crippen LogP contribution < -0.4 is 16.0 Å². The highest BCUT2D eigenvalue weighted by molar-refractivity contribution is 6.31. The van der Waals surface area contributed by atoms with E-state index in [4.69, 9.17) is 27.2 Å². The van der Waals surface area contributed by atoms with Gasteiger partial charge in [0.25, 0.3) is 0 Å². The van der Waals surface area contributed by atoms with Crippen molar-refractivity contribution >= 4 is 29.5 Å². The lowest BCUT2D eigenvalue weighted by atomic mass is 9.85. The van der Waals surface area contributed by atoms with Gasteiger partial charge in [-0.15, -0.1) is 0 Å². The first-order chi connectivity index (χ1) is 15.7. The molecule has 1 aromatic carbocycles. The molecule has 4 rings (SSSR count). The lowest BCUT2D eigenvalue weighted by molar-refractivity contribution is -0.259. The number of nitrogens with zero attached hydrogens (tertiary/aromatic N) is 1. The zero-order chi connectivity index (χ0) is 25.4. The molecule has 3 aliphatic heterocycles. The van der Waals surface area contributed by atoms with Gasteiger partial charge < -0.3 is 40.9 Å². The number of guanidine groups is 2. The van der Waals surface area contributed by atoms with Gasteiger partial charge in [-0.05, 0) is 19.1 Å². The third-order valence-corrected chi connectivity index (χ3v) is 6.54. The van der Waals surface area contributed by atoms with Gasteiger partial charge in [-0.1, -0.05) is 11.6 Å². The zero-order valence-corrected chi connectivity index (χ0v) is 17.9.